The number of aryl methyl sites for hydroxylation is 2. The molecule has 4 aliphatic rings. The van der Waals surface area contributed by atoms with E-state index in [2.05, 4.69) is 30.5 Å². The summed E-state index contributed by atoms with van der Waals surface area (Å²) in [6, 6.07) is 10.9. The van der Waals surface area contributed by atoms with Gasteiger partial charge in [-0.1, -0.05) is 25.6 Å². The first-order valence-electron chi connectivity index (χ1n) is 19.9. The van der Waals surface area contributed by atoms with Crippen LogP contribution in [0.25, 0.3) is 33.5 Å². The number of hydrogen-bond acceptors (Lipinski definition) is 14. The summed E-state index contributed by atoms with van der Waals surface area (Å²) in [6.07, 6.45) is 4.21. The molecule has 2 aromatic carbocycles. The Balaban J connectivity index is 0.828. The zero-order valence-electron chi connectivity index (χ0n) is 32.7. The van der Waals surface area contributed by atoms with Gasteiger partial charge in [-0.3, -0.25) is 4.79 Å². The maximum atomic E-state index is 13.7. The van der Waals surface area contributed by atoms with E-state index in [1.165, 1.54) is 18.1 Å². The highest BCUT2D eigenvalue weighted by molar-refractivity contribution is 9.10. The number of likely N-dealkylation sites (tertiary alicyclic amines) is 1. The number of ether oxygens (including phenoxy) is 4. The number of hydrogen-bond donors (Lipinski definition) is 2. The monoisotopic (exact) mass is 894 g/mol. The van der Waals surface area contributed by atoms with Gasteiger partial charge in [-0.25, -0.2) is 29.5 Å². The molecule has 1 amide bonds. The average Bonchev–Trinajstić information content (AvgIpc) is 3.97. The molecule has 10 rings (SSSR count). The van der Waals surface area contributed by atoms with Crippen molar-refractivity contribution < 1.29 is 33.6 Å². The smallest absolute Gasteiger partial charge is 0.415 e. The lowest BCUT2D eigenvalue weighted by molar-refractivity contribution is -0.172. The number of halogens is 1. The zero-order valence-corrected chi connectivity index (χ0v) is 35.1. The van der Waals surface area contributed by atoms with Gasteiger partial charge in [0.1, 0.15) is 18.7 Å². The first-order valence-corrected chi connectivity index (χ1v) is 21.5. The Kier molecular flexibility index (Phi) is 9.48. The fourth-order valence-electron chi connectivity index (χ4n) is 8.78. The molecule has 0 aliphatic carbocycles. The Morgan fingerprint density at radius 2 is 1.85 bits per heavy atom. The Bertz CT molecular complexity index is 2860. The van der Waals surface area contributed by atoms with Gasteiger partial charge in [-0.05, 0) is 95.9 Å². The molecule has 6 aromatic rings. The van der Waals surface area contributed by atoms with Crippen molar-refractivity contribution in [1.82, 2.24) is 34.0 Å². The standard InChI is InChI=1S/C42H39BrN8O8S/c1-3-23-24-13-22(5-6-29(24)47-34-25(23)17-51-30(34)14-27-26(38(51)52)18-56-39(53)42(27,55)4-2)59-41(54)49-10-7-21(8-11-49)9-12-50-37-35(36(44)45-19-46-37)48-40(50)60-33-16-32-31(15-28(33)43)57-20-58-32/h5-6,13-16,19,21,55H,3-4,7-12,17-18,20H2,1-2H3,(H2,44,45,46). The van der Waals surface area contributed by atoms with Crippen LogP contribution in [-0.4, -0.2) is 71.0 Å². The Hall–Kier alpha value is -5.72. The lowest BCUT2D eigenvalue weighted by Crippen LogP contribution is -2.44. The van der Waals surface area contributed by atoms with Crippen molar-refractivity contribution in [3.05, 3.63) is 79.8 Å². The zero-order chi connectivity index (χ0) is 41.4. The molecule has 3 N–H and O–H groups in total. The van der Waals surface area contributed by atoms with Gasteiger partial charge in [0, 0.05) is 45.5 Å². The number of amides is 1. The molecule has 308 valence electrons. The van der Waals surface area contributed by atoms with Crippen LogP contribution in [-0.2, 0) is 41.2 Å². The third kappa shape index (κ3) is 6.25. The van der Waals surface area contributed by atoms with Crippen LogP contribution in [0, 0.1) is 5.92 Å². The number of pyridine rings is 2. The molecular formula is C42H39BrN8O8S. The largest absolute Gasteiger partial charge is 0.458 e. The minimum absolute atomic E-state index is 0.0687. The maximum Gasteiger partial charge on any atom is 0.415 e. The number of carbonyl (C=O) groups is 2. The number of aliphatic hydroxyl groups is 1. The number of imidazole rings is 1. The van der Waals surface area contributed by atoms with Gasteiger partial charge in [-0.15, -0.1) is 0 Å². The molecule has 0 bridgehead atoms. The highest BCUT2D eigenvalue weighted by Crippen LogP contribution is 2.44. The predicted octanol–water partition coefficient (Wildman–Crippen LogP) is 6.31. The van der Waals surface area contributed by atoms with E-state index in [0.717, 1.165) is 50.3 Å². The van der Waals surface area contributed by atoms with Crippen molar-refractivity contribution in [1.29, 1.82) is 0 Å². The summed E-state index contributed by atoms with van der Waals surface area (Å²) in [5.74, 6) is 1.68. The van der Waals surface area contributed by atoms with Gasteiger partial charge < -0.3 is 43.8 Å². The summed E-state index contributed by atoms with van der Waals surface area (Å²) < 4.78 is 26.9. The van der Waals surface area contributed by atoms with Crippen LogP contribution >= 0.6 is 27.7 Å². The van der Waals surface area contributed by atoms with Crippen LogP contribution in [0.4, 0.5) is 10.6 Å². The number of cyclic esters (lactones) is 1. The first-order chi connectivity index (χ1) is 29.0. The highest BCUT2D eigenvalue weighted by atomic mass is 79.9. The Morgan fingerprint density at radius 1 is 1.05 bits per heavy atom. The molecule has 0 radical (unpaired) electrons. The number of anilines is 1. The number of piperidine rings is 1. The molecule has 60 heavy (non-hydrogen) atoms. The fourth-order valence-corrected chi connectivity index (χ4v) is 10.3. The highest BCUT2D eigenvalue weighted by Gasteiger charge is 2.45. The quantitative estimate of drug-likeness (QED) is 0.161. The van der Waals surface area contributed by atoms with Crippen LogP contribution in [0.5, 0.6) is 17.2 Å². The van der Waals surface area contributed by atoms with E-state index in [1.54, 1.807) is 28.5 Å². The number of rotatable bonds is 8. The van der Waals surface area contributed by atoms with Crippen molar-refractivity contribution >= 4 is 67.6 Å². The summed E-state index contributed by atoms with van der Waals surface area (Å²) in [6.45, 7) is 5.76. The van der Waals surface area contributed by atoms with Crippen LogP contribution in [0.1, 0.15) is 61.8 Å². The molecule has 1 fully saturated rings. The molecule has 18 heteroatoms. The molecule has 0 saturated carbocycles. The van der Waals surface area contributed by atoms with Crippen molar-refractivity contribution in [2.24, 2.45) is 5.92 Å². The number of carbonyl (C=O) groups excluding carboxylic acids is 2. The normalized spacial score (nSPS) is 18.1. The van der Waals surface area contributed by atoms with E-state index < -0.39 is 17.7 Å². The van der Waals surface area contributed by atoms with Crippen LogP contribution in [0.3, 0.4) is 0 Å². The molecule has 0 spiro atoms. The van der Waals surface area contributed by atoms with Crippen molar-refractivity contribution in [3.63, 3.8) is 0 Å². The molecule has 8 heterocycles. The number of benzene rings is 2. The summed E-state index contributed by atoms with van der Waals surface area (Å²) in [4.78, 5) is 61.0. The SMILES string of the molecule is CCc1c2c(nc3ccc(OC(=O)N4CCC(CCn5c(Sc6cc7c(cc6Br)OCO7)nc6c(N)ncnc65)CC4)cc13)-c1cc3c(c(=O)n1C2)COC(=O)C3(O)CC. The molecule has 1 unspecified atom stereocenters. The molecular weight excluding hydrogens is 856 g/mol. The van der Waals surface area contributed by atoms with E-state index in [4.69, 9.17) is 34.6 Å². The van der Waals surface area contributed by atoms with Gasteiger partial charge in [0.2, 0.25) is 6.79 Å². The number of fused-ring (bicyclic) bond motifs is 7. The van der Waals surface area contributed by atoms with Crippen molar-refractivity contribution in [3.8, 4) is 28.6 Å². The van der Waals surface area contributed by atoms with Gasteiger partial charge in [0.05, 0.1) is 29.0 Å². The minimum Gasteiger partial charge on any atom is -0.458 e. The van der Waals surface area contributed by atoms with Gasteiger partial charge in [0.25, 0.3) is 5.56 Å². The maximum absolute atomic E-state index is 13.7. The van der Waals surface area contributed by atoms with Gasteiger partial charge in [-0.2, -0.15) is 0 Å². The molecule has 16 nitrogen and oxygen atoms in total. The third-order valence-corrected chi connectivity index (χ3v) is 14.1. The van der Waals surface area contributed by atoms with Gasteiger partial charge >= 0.3 is 12.1 Å². The second-order valence-corrected chi connectivity index (χ2v) is 17.2. The van der Waals surface area contributed by atoms with E-state index >= 15 is 0 Å². The summed E-state index contributed by atoms with van der Waals surface area (Å²) in [5.41, 5.74) is 9.52. The van der Waals surface area contributed by atoms with E-state index in [9.17, 15) is 19.5 Å². The second-order valence-electron chi connectivity index (χ2n) is 15.4. The minimum atomic E-state index is -1.90. The molecule has 4 aromatic heterocycles. The van der Waals surface area contributed by atoms with Gasteiger partial charge in [0.15, 0.2) is 39.2 Å². The molecule has 1 saturated heterocycles. The average molecular weight is 896 g/mol. The summed E-state index contributed by atoms with van der Waals surface area (Å²) >= 11 is 5.14. The lowest BCUT2D eigenvalue weighted by atomic mass is 9.86. The van der Waals surface area contributed by atoms with Crippen LogP contribution < -0.4 is 25.5 Å². The number of nitrogens with two attached hydrogens (primary N) is 1. The Labute approximate surface area is 355 Å². The Morgan fingerprint density at radius 3 is 2.63 bits per heavy atom. The number of aromatic nitrogens is 6. The van der Waals surface area contributed by atoms with E-state index in [-0.39, 0.29) is 43.1 Å². The summed E-state index contributed by atoms with van der Waals surface area (Å²) in [7, 11) is 0. The van der Waals surface area contributed by atoms with Crippen LogP contribution in [0.15, 0.2) is 62.0 Å². The first kappa shape index (κ1) is 38.5. The second kappa shape index (κ2) is 14.8. The van der Waals surface area contributed by atoms with E-state index in [1.807, 2.05) is 31.2 Å². The van der Waals surface area contributed by atoms with Crippen molar-refractivity contribution in [2.75, 3.05) is 25.6 Å². The third-order valence-electron chi connectivity index (χ3n) is 12.1. The van der Waals surface area contributed by atoms with Crippen LogP contribution in [0.2, 0.25) is 0 Å². The van der Waals surface area contributed by atoms with E-state index in [0.29, 0.717) is 83.1 Å². The number of nitrogens with zero attached hydrogens (tertiary/aromatic N) is 7. The molecule has 1 atom stereocenters. The number of nitrogen functional groups attached to an aromatic ring is 1. The predicted molar refractivity (Wildman–Crippen MR) is 223 cm³/mol. The fraction of sp³-hybridized carbons (Fsp3) is 0.357. The van der Waals surface area contributed by atoms with Crippen molar-refractivity contribution in [2.45, 2.75) is 81.3 Å². The summed E-state index contributed by atoms with van der Waals surface area (Å²) in [5, 5.41) is 12.8. The lowest BCUT2D eigenvalue weighted by Gasteiger charge is -2.31. The molecule has 4 aliphatic heterocycles. The topological polar surface area (TPSA) is 199 Å². The number of esters is 1.